The van der Waals surface area contributed by atoms with E-state index in [0.29, 0.717) is 25.3 Å². The molecule has 0 radical (unpaired) electrons. The van der Waals surface area contributed by atoms with E-state index in [4.69, 9.17) is 14.3 Å². The molecule has 0 aromatic carbocycles. The van der Waals surface area contributed by atoms with E-state index in [9.17, 15) is 5.11 Å². The molecule has 0 amide bonds. The van der Waals surface area contributed by atoms with Crippen molar-refractivity contribution in [3.8, 4) is 0 Å². The Hall–Kier alpha value is -0.200. The highest BCUT2D eigenvalue weighted by atomic mass is 16.8. The monoisotopic (exact) mass is 241 g/mol. The summed E-state index contributed by atoms with van der Waals surface area (Å²) < 4.78 is 11.6. The molecule has 96 valence electrons. The van der Waals surface area contributed by atoms with Crippen LogP contribution in [0.5, 0.6) is 0 Å². The molecule has 5 heteroatoms. The number of ether oxygens (including phenoxy) is 2. The number of aliphatic hydroxyl groups excluding tert-OH is 1. The molecular weight excluding hydrogens is 222 g/mol. The fraction of sp³-hybridized carbons (Fsp3) is 1.00. The van der Waals surface area contributed by atoms with Crippen molar-refractivity contribution in [2.24, 2.45) is 5.92 Å². The Morgan fingerprint density at radius 2 is 2.00 bits per heavy atom. The lowest BCUT2D eigenvalue weighted by molar-refractivity contribution is -0.246. The molecule has 4 rings (SSSR count). The Bertz CT molecular complexity index is 328. The van der Waals surface area contributed by atoms with E-state index in [1.54, 1.807) is 0 Å². The maximum atomic E-state index is 10.2. The molecule has 2 bridgehead atoms. The molecule has 0 spiro atoms. The quantitative estimate of drug-likeness (QED) is 0.714. The van der Waals surface area contributed by atoms with Gasteiger partial charge in [-0.05, 0) is 26.2 Å². The lowest BCUT2D eigenvalue weighted by Gasteiger charge is -2.37. The number of fused-ring (bicyclic) bond motifs is 1. The average molecular weight is 241 g/mol. The summed E-state index contributed by atoms with van der Waals surface area (Å²) in [6.07, 6.45) is 2.53. The zero-order valence-corrected chi connectivity index (χ0v) is 10.0. The van der Waals surface area contributed by atoms with Gasteiger partial charge in [0.05, 0.1) is 25.2 Å². The van der Waals surface area contributed by atoms with Gasteiger partial charge in [0.1, 0.15) is 6.10 Å². The van der Waals surface area contributed by atoms with Crippen molar-refractivity contribution in [3.05, 3.63) is 0 Å². The number of hydrogen-bond acceptors (Lipinski definition) is 5. The second kappa shape index (κ2) is 3.42. The van der Waals surface area contributed by atoms with Crippen molar-refractivity contribution < 1.29 is 19.4 Å². The third-order valence-corrected chi connectivity index (χ3v) is 4.85. The zero-order chi connectivity index (χ0) is 11.6. The molecule has 4 saturated heterocycles. The van der Waals surface area contributed by atoms with Gasteiger partial charge in [-0.2, -0.15) is 5.06 Å². The zero-order valence-electron chi connectivity index (χ0n) is 10.0. The third kappa shape index (κ3) is 1.32. The predicted molar refractivity (Wildman–Crippen MR) is 57.9 cm³/mol. The number of hydrogen-bond donors (Lipinski definition) is 1. The first kappa shape index (κ1) is 10.7. The van der Waals surface area contributed by atoms with Crippen molar-refractivity contribution in [2.45, 2.75) is 56.3 Å². The first-order chi connectivity index (χ1) is 8.19. The van der Waals surface area contributed by atoms with E-state index in [1.165, 1.54) is 0 Å². The van der Waals surface area contributed by atoms with Crippen molar-refractivity contribution in [2.75, 3.05) is 13.2 Å². The predicted octanol–water partition coefficient (Wildman–Crippen LogP) is 0.277. The van der Waals surface area contributed by atoms with Gasteiger partial charge in [0, 0.05) is 12.1 Å². The highest BCUT2D eigenvalue weighted by Gasteiger charge is 2.63. The number of nitrogens with zero attached hydrogens (tertiary/aromatic N) is 1. The Morgan fingerprint density at radius 3 is 2.76 bits per heavy atom. The molecular formula is C12H19NO4. The van der Waals surface area contributed by atoms with Crippen molar-refractivity contribution in [1.82, 2.24) is 5.06 Å². The van der Waals surface area contributed by atoms with Crippen LogP contribution in [0.4, 0.5) is 0 Å². The molecule has 0 aromatic rings. The fourth-order valence-electron chi connectivity index (χ4n) is 4.13. The summed E-state index contributed by atoms with van der Waals surface area (Å²) in [7, 11) is 0. The maximum Gasteiger partial charge on any atom is 0.172 e. The van der Waals surface area contributed by atoms with Crippen LogP contribution in [0, 0.1) is 5.92 Å². The fourth-order valence-corrected chi connectivity index (χ4v) is 4.13. The molecule has 0 saturated carbocycles. The van der Waals surface area contributed by atoms with Gasteiger partial charge in [-0.1, -0.05) is 0 Å². The van der Waals surface area contributed by atoms with Gasteiger partial charge in [0.15, 0.2) is 5.79 Å². The van der Waals surface area contributed by atoms with Crippen molar-refractivity contribution >= 4 is 0 Å². The van der Waals surface area contributed by atoms with Crippen LogP contribution >= 0.6 is 0 Å². The minimum absolute atomic E-state index is 0.132. The highest BCUT2D eigenvalue weighted by molar-refractivity contribution is 5.07. The largest absolute Gasteiger partial charge is 0.390 e. The van der Waals surface area contributed by atoms with E-state index in [-0.39, 0.29) is 18.1 Å². The molecule has 0 aliphatic carbocycles. The summed E-state index contributed by atoms with van der Waals surface area (Å²) in [5.41, 5.74) is 0. The normalized spacial score (nSPS) is 52.2. The molecule has 4 aliphatic rings. The Balaban J connectivity index is 1.70. The molecule has 5 atom stereocenters. The van der Waals surface area contributed by atoms with E-state index in [0.717, 1.165) is 19.3 Å². The van der Waals surface area contributed by atoms with Crippen LogP contribution in [-0.2, 0) is 14.3 Å². The smallest absolute Gasteiger partial charge is 0.172 e. The second-order valence-corrected chi connectivity index (χ2v) is 5.77. The van der Waals surface area contributed by atoms with Gasteiger partial charge in [0.25, 0.3) is 0 Å². The summed E-state index contributed by atoms with van der Waals surface area (Å²) in [5.74, 6) is -0.447. The van der Waals surface area contributed by atoms with Gasteiger partial charge in [-0.15, -0.1) is 0 Å². The molecule has 4 heterocycles. The molecule has 4 aliphatic heterocycles. The molecule has 0 aromatic heterocycles. The minimum Gasteiger partial charge on any atom is -0.390 e. The van der Waals surface area contributed by atoms with Crippen LogP contribution in [-0.4, -0.2) is 53.5 Å². The lowest BCUT2D eigenvalue weighted by Crippen LogP contribution is -2.49. The lowest BCUT2D eigenvalue weighted by atomic mass is 9.82. The maximum absolute atomic E-state index is 10.2. The van der Waals surface area contributed by atoms with Crippen LogP contribution in [0.25, 0.3) is 0 Å². The van der Waals surface area contributed by atoms with Crippen molar-refractivity contribution in [3.63, 3.8) is 0 Å². The minimum atomic E-state index is -0.579. The molecule has 4 fully saturated rings. The SMILES string of the molecule is CC1([C@@H]2[C@H]3ON4[C@H](CC[C@@H]24)C[C@@H]3O)OCCO1. The average Bonchev–Trinajstić information content (AvgIpc) is 2.92. The van der Waals surface area contributed by atoms with Crippen LogP contribution in [0.2, 0.25) is 0 Å². The summed E-state index contributed by atoms with van der Waals surface area (Å²) in [6, 6.07) is 0.742. The molecule has 0 unspecified atom stereocenters. The van der Waals surface area contributed by atoms with E-state index < -0.39 is 5.79 Å². The topological polar surface area (TPSA) is 51.2 Å². The third-order valence-electron chi connectivity index (χ3n) is 4.85. The number of rotatable bonds is 1. The Morgan fingerprint density at radius 1 is 1.24 bits per heavy atom. The standard InChI is InChI=1S/C12H19NO4/c1-12(15-4-5-16-12)10-8-3-2-7-6-9(14)11(10)17-13(7)8/h7-11,14H,2-6H2,1H3/t7-,8+,9+,10+,11+/m1/s1. The Labute approximate surface area is 101 Å². The van der Waals surface area contributed by atoms with E-state index in [2.05, 4.69) is 5.06 Å². The van der Waals surface area contributed by atoms with Crippen LogP contribution < -0.4 is 0 Å². The first-order valence-electron chi connectivity index (χ1n) is 6.60. The van der Waals surface area contributed by atoms with E-state index >= 15 is 0 Å². The Kier molecular flexibility index (Phi) is 2.15. The van der Waals surface area contributed by atoms with Gasteiger partial charge in [-0.3, -0.25) is 4.84 Å². The molecule has 5 nitrogen and oxygen atoms in total. The summed E-state index contributed by atoms with van der Waals surface area (Å²) in [6.45, 7) is 3.29. The van der Waals surface area contributed by atoms with Crippen LogP contribution in [0.1, 0.15) is 26.2 Å². The van der Waals surface area contributed by atoms with Gasteiger partial charge >= 0.3 is 0 Å². The van der Waals surface area contributed by atoms with E-state index in [1.807, 2.05) is 6.92 Å². The van der Waals surface area contributed by atoms with Gasteiger partial charge in [-0.25, -0.2) is 0 Å². The second-order valence-electron chi connectivity index (χ2n) is 5.77. The van der Waals surface area contributed by atoms with Crippen LogP contribution in [0.15, 0.2) is 0 Å². The number of hydroxylamine groups is 2. The number of aliphatic hydroxyl groups is 1. The van der Waals surface area contributed by atoms with Gasteiger partial charge < -0.3 is 14.6 Å². The highest BCUT2D eigenvalue weighted by Crippen LogP contribution is 2.51. The van der Waals surface area contributed by atoms with Crippen molar-refractivity contribution in [1.29, 1.82) is 0 Å². The molecule has 1 N–H and O–H groups in total. The summed E-state index contributed by atoms with van der Waals surface area (Å²) in [4.78, 5) is 5.91. The molecule has 17 heavy (non-hydrogen) atoms. The van der Waals surface area contributed by atoms with Gasteiger partial charge in [0.2, 0.25) is 0 Å². The first-order valence-corrected chi connectivity index (χ1v) is 6.60. The summed E-state index contributed by atoms with van der Waals surface area (Å²) in [5, 5.41) is 12.3. The summed E-state index contributed by atoms with van der Waals surface area (Å²) >= 11 is 0. The van der Waals surface area contributed by atoms with Crippen LogP contribution in [0.3, 0.4) is 0 Å².